The molecule has 0 spiro atoms. The Morgan fingerprint density at radius 2 is 2.22 bits per heavy atom. The van der Waals surface area contributed by atoms with Crippen molar-refractivity contribution in [3.05, 3.63) is 29.0 Å². The van der Waals surface area contributed by atoms with Crippen molar-refractivity contribution in [2.45, 2.75) is 51.8 Å². The molecule has 1 unspecified atom stereocenters. The quantitative estimate of drug-likeness (QED) is 0.790. The lowest BCUT2D eigenvalue weighted by atomic mass is 10.0. The summed E-state index contributed by atoms with van der Waals surface area (Å²) in [5.74, 6) is 0. The van der Waals surface area contributed by atoms with E-state index < -0.39 is 5.60 Å². The second-order valence-corrected chi connectivity index (χ2v) is 7.51. The van der Waals surface area contributed by atoms with Crippen molar-refractivity contribution in [2.24, 2.45) is 0 Å². The van der Waals surface area contributed by atoms with E-state index in [1.54, 1.807) is 12.3 Å². The van der Waals surface area contributed by atoms with Crippen LogP contribution in [0.4, 0.5) is 4.79 Å². The van der Waals surface area contributed by atoms with Crippen molar-refractivity contribution < 1.29 is 9.53 Å². The fourth-order valence-corrected chi connectivity index (χ4v) is 2.84. The highest BCUT2D eigenvalue weighted by molar-refractivity contribution is 6.29. The lowest BCUT2D eigenvalue weighted by molar-refractivity contribution is 0.0121. The fourth-order valence-electron chi connectivity index (χ4n) is 2.72. The SMILES string of the molecule is CN(Cc1ccc(Cl)nc1)C1CCCN(C(=O)OC(C)(C)C)C1. The number of amides is 1. The molecule has 1 aliphatic heterocycles. The molecular weight excluding hydrogens is 314 g/mol. The molecule has 5 nitrogen and oxygen atoms in total. The number of aromatic nitrogens is 1. The van der Waals surface area contributed by atoms with Crippen LogP contribution in [-0.2, 0) is 11.3 Å². The summed E-state index contributed by atoms with van der Waals surface area (Å²) >= 11 is 5.82. The predicted octanol–water partition coefficient (Wildman–Crippen LogP) is 3.57. The first-order valence-electron chi connectivity index (χ1n) is 8.03. The maximum atomic E-state index is 12.2. The highest BCUT2D eigenvalue weighted by Gasteiger charge is 2.29. The van der Waals surface area contributed by atoms with Crippen molar-refractivity contribution >= 4 is 17.7 Å². The fraction of sp³-hybridized carbons (Fsp3) is 0.647. The van der Waals surface area contributed by atoms with Crippen LogP contribution >= 0.6 is 11.6 Å². The molecule has 1 amide bonds. The number of halogens is 1. The molecule has 0 radical (unpaired) electrons. The summed E-state index contributed by atoms with van der Waals surface area (Å²) in [5.41, 5.74) is 0.663. The minimum Gasteiger partial charge on any atom is -0.444 e. The van der Waals surface area contributed by atoms with Crippen LogP contribution in [0.3, 0.4) is 0 Å². The van der Waals surface area contributed by atoms with Crippen LogP contribution in [-0.4, -0.2) is 52.7 Å². The normalized spacial score (nSPS) is 19.0. The molecule has 128 valence electrons. The number of hydrogen-bond donors (Lipinski definition) is 0. The standard InChI is InChI=1S/C17H26ClN3O2/c1-17(2,3)23-16(22)21-9-5-6-14(12-21)20(4)11-13-7-8-15(18)19-10-13/h7-8,10,14H,5-6,9,11-12H2,1-4H3. The highest BCUT2D eigenvalue weighted by atomic mass is 35.5. The Morgan fingerprint density at radius 3 is 2.83 bits per heavy atom. The van der Waals surface area contributed by atoms with Crippen LogP contribution in [0.5, 0.6) is 0 Å². The second kappa shape index (κ2) is 7.49. The first-order valence-corrected chi connectivity index (χ1v) is 8.41. The highest BCUT2D eigenvalue weighted by Crippen LogP contribution is 2.19. The molecule has 1 atom stereocenters. The van der Waals surface area contributed by atoms with E-state index in [1.807, 2.05) is 31.7 Å². The van der Waals surface area contributed by atoms with E-state index in [4.69, 9.17) is 16.3 Å². The average molecular weight is 340 g/mol. The van der Waals surface area contributed by atoms with Gasteiger partial charge in [-0.2, -0.15) is 0 Å². The predicted molar refractivity (Wildman–Crippen MR) is 91.5 cm³/mol. The molecule has 0 saturated carbocycles. The average Bonchev–Trinajstić information content (AvgIpc) is 2.48. The number of ether oxygens (including phenoxy) is 1. The molecule has 1 fully saturated rings. The summed E-state index contributed by atoms with van der Waals surface area (Å²) in [7, 11) is 2.08. The molecule has 1 aliphatic rings. The van der Waals surface area contributed by atoms with E-state index in [9.17, 15) is 4.79 Å². The van der Waals surface area contributed by atoms with E-state index >= 15 is 0 Å². The lowest BCUT2D eigenvalue weighted by Gasteiger charge is -2.38. The molecule has 0 aromatic carbocycles. The molecule has 1 aromatic heterocycles. The van der Waals surface area contributed by atoms with Crippen molar-refractivity contribution in [1.29, 1.82) is 0 Å². The molecule has 1 saturated heterocycles. The Kier molecular flexibility index (Phi) is 5.87. The van der Waals surface area contributed by atoms with Crippen LogP contribution in [0, 0.1) is 0 Å². The summed E-state index contributed by atoms with van der Waals surface area (Å²) < 4.78 is 5.48. The van der Waals surface area contributed by atoms with Gasteiger partial charge in [-0.05, 0) is 52.3 Å². The largest absolute Gasteiger partial charge is 0.444 e. The summed E-state index contributed by atoms with van der Waals surface area (Å²) in [6.45, 7) is 7.94. The third-order valence-corrected chi connectivity index (χ3v) is 4.12. The van der Waals surface area contributed by atoms with E-state index in [1.165, 1.54) is 0 Å². The maximum Gasteiger partial charge on any atom is 0.410 e. The van der Waals surface area contributed by atoms with Gasteiger partial charge in [-0.15, -0.1) is 0 Å². The zero-order valence-electron chi connectivity index (χ0n) is 14.4. The zero-order valence-corrected chi connectivity index (χ0v) is 15.1. The Balaban J connectivity index is 1.92. The van der Waals surface area contributed by atoms with Crippen LogP contribution in [0.1, 0.15) is 39.2 Å². The Bertz CT molecular complexity index is 528. The first kappa shape index (κ1) is 18.0. The van der Waals surface area contributed by atoms with Crippen molar-refractivity contribution in [1.82, 2.24) is 14.8 Å². The summed E-state index contributed by atoms with van der Waals surface area (Å²) in [6, 6.07) is 4.12. The molecule has 23 heavy (non-hydrogen) atoms. The number of likely N-dealkylation sites (tertiary alicyclic amines) is 1. The molecule has 6 heteroatoms. The number of piperidine rings is 1. The van der Waals surface area contributed by atoms with E-state index in [-0.39, 0.29) is 6.09 Å². The number of rotatable bonds is 3. The topological polar surface area (TPSA) is 45.7 Å². The minimum atomic E-state index is -0.453. The van der Waals surface area contributed by atoms with E-state index in [0.29, 0.717) is 17.7 Å². The van der Waals surface area contributed by atoms with Gasteiger partial charge in [-0.25, -0.2) is 9.78 Å². The van der Waals surface area contributed by atoms with Gasteiger partial charge in [-0.1, -0.05) is 17.7 Å². The van der Waals surface area contributed by atoms with Crippen LogP contribution in [0.25, 0.3) is 0 Å². The Labute approximate surface area is 143 Å². The zero-order chi connectivity index (χ0) is 17.0. The smallest absolute Gasteiger partial charge is 0.410 e. The van der Waals surface area contributed by atoms with Crippen LogP contribution in [0.15, 0.2) is 18.3 Å². The second-order valence-electron chi connectivity index (χ2n) is 7.13. The Morgan fingerprint density at radius 1 is 1.48 bits per heavy atom. The minimum absolute atomic E-state index is 0.219. The molecule has 2 heterocycles. The monoisotopic (exact) mass is 339 g/mol. The number of nitrogens with zero attached hydrogens (tertiary/aromatic N) is 3. The van der Waals surface area contributed by atoms with Gasteiger partial charge < -0.3 is 9.64 Å². The van der Waals surface area contributed by atoms with Gasteiger partial charge in [0.2, 0.25) is 0 Å². The lowest BCUT2D eigenvalue weighted by Crippen LogP contribution is -2.49. The molecule has 0 bridgehead atoms. The van der Waals surface area contributed by atoms with Gasteiger partial charge in [0.25, 0.3) is 0 Å². The van der Waals surface area contributed by atoms with Crippen molar-refractivity contribution in [2.75, 3.05) is 20.1 Å². The third-order valence-electron chi connectivity index (χ3n) is 3.89. The first-order chi connectivity index (χ1) is 10.7. The van der Waals surface area contributed by atoms with Crippen molar-refractivity contribution in [3.63, 3.8) is 0 Å². The van der Waals surface area contributed by atoms with Gasteiger partial charge >= 0.3 is 6.09 Å². The number of hydrogen-bond acceptors (Lipinski definition) is 4. The van der Waals surface area contributed by atoms with Gasteiger partial charge in [0.1, 0.15) is 10.8 Å². The van der Waals surface area contributed by atoms with Crippen molar-refractivity contribution in [3.8, 4) is 0 Å². The number of likely N-dealkylation sites (N-methyl/N-ethyl adjacent to an activating group) is 1. The van der Waals surface area contributed by atoms with Gasteiger partial charge in [0.05, 0.1) is 0 Å². The molecule has 0 aliphatic carbocycles. The van der Waals surface area contributed by atoms with Gasteiger partial charge in [0, 0.05) is 31.9 Å². The molecule has 2 rings (SSSR count). The molecule has 1 aromatic rings. The van der Waals surface area contributed by atoms with Crippen LogP contribution < -0.4 is 0 Å². The number of pyridine rings is 1. The molecule has 0 N–H and O–H groups in total. The maximum absolute atomic E-state index is 12.2. The third kappa shape index (κ3) is 5.66. The van der Waals surface area contributed by atoms with Gasteiger partial charge in [-0.3, -0.25) is 4.90 Å². The van der Waals surface area contributed by atoms with E-state index in [2.05, 4.69) is 16.9 Å². The van der Waals surface area contributed by atoms with Crippen LogP contribution in [0.2, 0.25) is 5.15 Å². The number of carbonyl (C=O) groups is 1. The molecular formula is C17H26ClN3O2. The summed E-state index contributed by atoms with van der Waals surface area (Å²) in [4.78, 5) is 20.4. The Hall–Kier alpha value is -1.33. The summed E-state index contributed by atoms with van der Waals surface area (Å²) in [5, 5.41) is 0.505. The summed E-state index contributed by atoms with van der Waals surface area (Å²) in [6.07, 6.45) is 3.65. The van der Waals surface area contributed by atoms with Gasteiger partial charge in [0.15, 0.2) is 0 Å². The van der Waals surface area contributed by atoms with E-state index in [0.717, 1.165) is 31.5 Å². The number of carbonyl (C=O) groups excluding carboxylic acids is 1.